The van der Waals surface area contributed by atoms with Crippen molar-refractivity contribution in [3.05, 3.63) is 71.2 Å². The molecular weight excluding hydrogens is 552 g/mol. The van der Waals surface area contributed by atoms with Gasteiger partial charge in [-0.25, -0.2) is 14.7 Å². The van der Waals surface area contributed by atoms with E-state index in [0.717, 1.165) is 36.2 Å². The predicted octanol–water partition coefficient (Wildman–Crippen LogP) is 4.33. The maximum atomic E-state index is 13.7. The molecule has 10 nitrogen and oxygen atoms in total. The van der Waals surface area contributed by atoms with E-state index in [2.05, 4.69) is 59.5 Å². The topological polar surface area (TPSA) is 137 Å². The molecule has 0 aromatic carbocycles. The third-order valence-corrected chi connectivity index (χ3v) is 10.2. The monoisotopic (exact) mass is 590 g/mol. The molecule has 5 heterocycles. The van der Waals surface area contributed by atoms with Gasteiger partial charge in [0, 0.05) is 29.4 Å². The molecule has 3 unspecified atom stereocenters. The second kappa shape index (κ2) is 9.74. The first-order valence-corrected chi connectivity index (χ1v) is 15.8. The van der Waals surface area contributed by atoms with Gasteiger partial charge in [0.15, 0.2) is 5.03 Å². The van der Waals surface area contributed by atoms with E-state index in [0.29, 0.717) is 24.1 Å². The SMILES string of the molecule is CC(C)(C)c1ccc2c(n1)N1CC3(CC3CC(c3ccc(CO)cn3)Nc3cccc(n3)S(=O)(=O)NC2=O)CC1(C)C. The molecule has 1 spiro atoms. The van der Waals surface area contributed by atoms with Crippen LogP contribution in [0.1, 0.15) is 87.2 Å². The molecule has 0 radical (unpaired) electrons. The highest BCUT2D eigenvalue weighted by molar-refractivity contribution is 7.90. The van der Waals surface area contributed by atoms with Crippen LogP contribution in [0.15, 0.2) is 53.7 Å². The maximum Gasteiger partial charge on any atom is 0.281 e. The van der Waals surface area contributed by atoms with Gasteiger partial charge in [-0.15, -0.1) is 0 Å². The minimum absolute atomic E-state index is 0.0309. The van der Waals surface area contributed by atoms with Crippen molar-refractivity contribution in [1.29, 1.82) is 0 Å². The van der Waals surface area contributed by atoms with Crippen LogP contribution in [0.5, 0.6) is 0 Å². The summed E-state index contributed by atoms with van der Waals surface area (Å²) in [4.78, 5) is 29.9. The van der Waals surface area contributed by atoms with Crippen LogP contribution >= 0.6 is 0 Å². The number of rotatable bonds is 2. The molecule has 2 fully saturated rings. The third kappa shape index (κ3) is 5.13. The van der Waals surface area contributed by atoms with Gasteiger partial charge in [0.1, 0.15) is 11.6 Å². The van der Waals surface area contributed by atoms with E-state index in [1.165, 1.54) is 6.07 Å². The van der Waals surface area contributed by atoms with Crippen molar-refractivity contribution in [3.8, 4) is 0 Å². The lowest BCUT2D eigenvalue weighted by atomic mass is 9.90. The summed E-state index contributed by atoms with van der Waals surface area (Å²) < 4.78 is 29.1. The number of nitrogens with one attached hydrogen (secondary N) is 2. The number of aromatic nitrogens is 3. The third-order valence-electron chi connectivity index (χ3n) is 8.95. The van der Waals surface area contributed by atoms with Crippen molar-refractivity contribution in [2.24, 2.45) is 11.3 Å². The molecule has 3 aromatic heterocycles. The number of aliphatic hydroxyl groups is 1. The second-order valence-corrected chi connectivity index (χ2v) is 15.3. The largest absolute Gasteiger partial charge is 0.392 e. The van der Waals surface area contributed by atoms with Crippen LogP contribution < -0.4 is 14.9 Å². The fraction of sp³-hybridized carbons (Fsp3) is 0.484. The van der Waals surface area contributed by atoms with Crippen molar-refractivity contribution in [3.63, 3.8) is 0 Å². The summed E-state index contributed by atoms with van der Waals surface area (Å²) in [6.45, 7) is 11.2. The molecule has 1 aliphatic carbocycles. The highest BCUT2D eigenvalue weighted by Gasteiger charge is 2.63. The molecule has 4 bridgehead atoms. The molecule has 1 amide bonds. The Morgan fingerprint density at radius 2 is 1.88 bits per heavy atom. The van der Waals surface area contributed by atoms with E-state index in [-0.39, 0.29) is 39.6 Å². The molecule has 3 aliphatic rings. The molecule has 1 saturated carbocycles. The van der Waals surface area contributed by atoms with Crippen LogP contribution in [0.25, 0.3) is 0 Å². The van der Waals surface area contributed by atoms with Crippen molar-refractivity contribution in [2.45, 2.75) is 82.5 Å². The summed E-state index contributed by atoms with van der Waals surface area (Å²) in [5, 5.41) is 12.7. The van der Waals surface area contributed by atoms with Gasteiger partial charge in [-0.05, 0) is 80.3 Å². The normalized spacial score (nSPS) is 26.1. The number of aliphatic hydroxyl groups excluding tert-OH is 1. The first kappa shape index (κ1) is 28.5. The van der Waals surface area contributed by atoms with Crippen LogP contribution in [0.3, 0.4) is 0 Å². The number of anilines is 2. The van der Waals surface area contributed by atoms with Crippen LogP contribution in [0, 0.1) is 11.3 Å². The number of hydrogen-bond donors (Lipinski definition) is 3. The van der Waals surface area contributed by atoms with E-state index in [1.54, 1.807) is 30.5 Å². The quantitative estimate of drug-likeness (QED) is 0.398. The van der Waals surface area contributed by atoms with Gasteiger partial charge >= 0.3 is 0 Å². The lowest BCUT2D eigenvalue weighted by Gasteiger charge is -2.34. The highest BCUT2D eigenvalue weighted by Crippen LogP contribution is 2.65. The summed E-state index contributed by atoms with van der Waals surface area (Å²) >= 11 is 0. The fourth-order valence-corrected chi connectivity index (χ4v) is 7.59. The van der Waals surface area contributed by atoms with E-state index < -0.39 is 15.9 Å². The Labute approximate surface area is 247 Å². The Balaban J connectivity index is 1.48. The second-order valence-electron chi connectivity index (χ2n) is 13.6. The van der Waals surface area contributed by atoms with E-state index in [4.69, 9.17) is 4.98 Å². The summed E-state index contributed by atoms with van der Waals surface area (Å²) in [7, 11) is -4.29. The molecule has 1 saturated heterocycles. The lowest BCUT2D eigenvalue weighted by Crippen LogP contribution is -2.41. The highest BCUT2D eigenvalue weighted by atomic mass is 32.2. The molecule has 3 N–H and O–H groups in total. The number of carbonyl (C=O) groups excluding carboxylic acids is 1. The van der Waals surface area contributed by atoms with E-state index in [1.807, 2.05) is 12.1 Å². The summed E-state index contributed by atoms with van der Waals surface area (Å²) in [6.07, 6.45) is 4.38. The van der Waals surface area contributed by atoms with Crippen LogP contribution in [0.2, 0.25) is 0 Å². The summed E-state index contributed by atoms with van der Waals surface area (Å²) in [5.41, 5.74) is 2.02. The van der Waals surface area contributed by atoms with Gasteiger partial charge in [0.25, 0.3) is 15.9 Å². The lowest BCUT2D eigenvalue weighted by molar-refractivity contribution is 0.0981. The first-order valence-electron chi connectivity index (χ1n) is 14.4. The maximum absolute atomic E-state index is 13.7. The number of amides is 1. The van der Waals surface area contributed by atoms with Crippen molar-refractivity contribution in [1.82, 2.24) is 19.7 Å². The molecule has 3 atom stereocenters. The van der Waals surface area contributed by atoms with Gasteiger partial charge < -0.3 is 15.3 Å². The predicted molar refractivity (Wildman–Crippen MR) is 160 cm³/mol. The number of hydrogen-bond acceptors (Lipinski definition) is 9. The van der Waals surface area contributed by atoms with Crippen molar-refractivity contribution < 1.29 is 18.3 Å². The molecule has 11 heteroatoms. The Kier molecular flexibility index (Phi) is 6.62. The Morgan fingerprint density at radius 3 is 2.57 bits per heavy atom. The number of carbonyl (C=O) groups is 1. The molecule has 42 heavy (non-hydrogen) atoms. The number of sulfonamides is 1. The minimum Gasteiger partial charge on any atom is -0.392 e. The Morgan fingerprint density at radius 1 is 1.10 bits per heavy atom. The number of fused-ring (bicyclic) bond motifs is 5. The average molecular weight is 591 g/mol. The molecule has 3 aromatic rings. The first-order chi connectivity index (χ1) is 19.7. The Bertz CT molecular complexity index is 1650. The zero-order valence-electron chi connectivity index (χ0n) is 24.7. The average Bonchev–Trinajstić information content (AvgIpc) is 3.50. The zero-order chi connectivity index (χ0) is 30.1. The van der Waals surface area contributed by atoms with Crippen LogP contribution in [0.4, 0.5) is 11.6 Å². The van der Waals surface area contributed by atoms with Gasteiger partial charge in [-0.3, -0.25) is 9.78 Å². The van der Waals surface area contributed by atoms with Crippen molar-refractivity contribution >= 4 is 27.6 Å². The van der Waals surface area contributed by atoms with Gasteiger partial charge in [0.05, 0.1) is 23.9 Å². The standard InChI is InChI=1S/C31H38N6O4S/c1-29(2,3)24-12-10-21-27(34-24)37-18-31(17-30(37,4)5)14-20(31)13-23(22-11-9-19(16-38)15-32-22)33-25-7-6-8-26(35-25)42(40,41)36-28(21)39/h6-12,15,20,23,38H,13-14,16-18H2,1-5H3,(H,33,35)(H,36,39). The van der Waals surface area contributed by atoms with E-state index in [9.17, 15) is 18.3 Å². The summed E-state index contributed by atoms with van der Waals surface area (Å²) in [6, 6.07) is 11.7. The van der Waals surface area contributed by atoms with Gasteiger partial charge in [0.2, 0.25) is 0 Å². The smallest absolute Gasteiger partial charge is 0.281 e. The van der Waals surface area contributed by atoms with Crippen LogP contribution in [-0.4, -0.2) is 46.5 Å². The molecule has 6 rings (SSSR count). The molecule has 222 valence electrons. The zero-order valence-corrected chi connectivity index (χ0v) is 25.5. The minimum atomic E-state index is -4.29. The molecule has 2 aliphatic heterocycles. The molecular formula is C31H38N6O4S. The Hall–Kier alpha value is -3.57. The fourth-order valence-electron chi connectivity index (χ4n) is 6.65. The van der Waals surface area contributed by atoms with Gasteiger partial charge in [-0.2, -0.15) is 8.42 Å². The number of pyridine rings is 3. The van der Waals surface area contributed by atoms with Crippen LogP contribution in [-0.2, 0) is 22.0 Å². The van der Waals surface area contributed by atoms with Crippen molar-refractivity contribution in [2.75, 3.05) is 16.8 Å². The number of nitrogens with zero attached hydrogens (tertiary/aromatic N) is 4. The van der Waals surface area contributed by atoms with Gasteiger partial charge in [-0.1, -0.05) is 32.9 Å². The van der Waals surface area contributed by atoms with E-state index >= 15 is 0 Å². The summed E-state index contributed by atoms with van der Waals surface area (Å²) in [5.74, 6) is 0.523.